The lowest BCUT2D eigenvalue weighted by molar-refractivity contribution is -0.121. The summed E-state index contributed by atoms with van der Waals surface area (Å²) < 4.78 is 13.0. The van der Waals surface area contributed by atoms with E-state index in [1.54, 1.807) is 13.1 Å². The number of halogens is 1. The third kappa shape index (κ3) is 0.983. The molecular weight excluding hydrogens is 181 g/mol. The predicted octanol–water partition coefficient (Wildman–Crippen LogP) is 2.08. The fraction of sp³-hybridized carbons (Fsp3) is 0.364. The molecule has 0 radical (unpaired) electrons. The summed E-state index contributed by atoms with van der Waals surface area (Å²) in [5, 5.41) is 0. The van der Waals surface area contributed by atoms with E-state index in [1.807, 2.05) is 13.8 Å². The SMILES string of the molecule is CN1C(=O)C(C)(C)c2ccc(F)cc21. The maximum absolute atomic E-state index is 13.0. The number of likely N-dealkylation sites (N-methyl/N-ethyl adjacent to an activating group) is 1. The lowest BCUT2D eigenvalue weighted by Crippen LogP contribution is -2.33. The van der Waals surface area contributed by atoms with E-state index in [1.165, 1.54) is 17.0 Å². The first-order valence-corrected chi connectivity index (χ1v) is 4.53. The van der Waals surface area contributed by atoms with Gasteiger partial charge < -0.3 is 4.90 Å². The van der Waals surface area contributed by atoms with Crippen molar-refractivity contribution in [3.05, 3.63) is 29.6 Å². The van der Waals surface area contributed by atoms with E-state index in [9.17, 15) is 9.18 Å². The van der Waals surface area contributed by atoms with Gasteiger partial charge in [-0.25, -0.2) is 4.39 Å². The molecule has 2 nitrogen and oxygen atoms in total. The van der Waals surface area contributed by atoms with Gasteiger partial charge in [0.1, 0.15) is 5.82 Å². The van der Waals surface area contributed by atoms with Gasteiger partial charge in [0, 0.05) is 7.05 Å². The normalized spacial score (nSPS) is 18.6. The molecule has 0 aromatic heterocycles. The zero-order valence-electron chi connectivity index (χ0n) is 8.47. The first-order chi connectivity index (χ1) is 6.44. The van der Waals surface area contributed by atoms with Crippen LogP contribution in [0.5, 0.6) is 0 Å². The monoisotopic (exact) mass is 193 g/mol. The molecule has 1 heterocycles. The van der Waals surface area contributed by atoms with Crippen molar-refractivity contribution >= 4 is 11.6 Å². The van der Waals surface area contributed by atoms with Gasteiger partial charge in [-0.05, 0) is 31.5 Å². The quantitative estimate of drug-likeness (QED) is 0.617. The number of anilines is 1. The molecule has 0 saturated heterocycles. The molecule has 0 spiro atoms. The van der Waals surface area contributed by atoms with E-state index in [4.69, 9.17) is 0 Å². The van der Waals surface area contributed by atoms with Crippen LogP contribution in [0.25, 0.3) is 0 Å². The van der Waals surface area contributed by atoms with Gasteiger partial charge in [-0.15, -0.1) is 0 Å². The summed E-state index contributed by atoms with van der Waals surface area (Å²) in [5.41, 5.74) is 1.05. The Morgan fingerprint density at radius 3 is 2.64 bits per heavy atom. The number of benzene rings is 1. The average molecular weight is 193 g/mol. The Hall–Kier alpha value is -1.38. The molecule has 3 heteroatoms. The van der Waals surface area contributed by atoms with Gasteiger partial charge in [0.05, 0.1) is 11.1 Å². The maximum atomic E-state index is 13.0. The lowest BCUT2D eigenvalue weighted by atomic mass is 9.86. The highest BCUT2D eigenvalue weighted by Crippen LogP contribution is 2.40. The third-order valence-electron chi connectivity index (χ3n) is 2.83. The summed E-state index contributed by atoms with van der Waals surface area (Å²) in [5.74, 6) is -0.292. The van der Waals surface area contributed by atoms with Crippen molar-refractivity contribution < 1.29 is 9.18 Å². The summed E-state index contributed by atoms with van der Waals surface area (Å²) in [6.07, 6.45) is 0. The largest absolute Gasteiger partial charge is 0.314 e. The van der Waals surface area contributed by atoms with Crippen LogP contribution >= 0.6 is 0 Å². The van der Waals surface area contributed by atoms with Crippen LogP contribution in [-0.4, -0.2) is 13.0 Å². The van der Waals surface area contributed by atoms with Crippen LogP contribution in [0.15, 0.2) is 18.2 Å². The van der Waals surface area contributed by atoms with E-state index in [0.717, 1.165) is 5.56 Å². The van der Waals surface area contributed by atoms with Crippen LogP contribution in [0.2, 0.25) is 0 Å². The van der Waals surface area contributed by atoms with E-state index in [-0.39, 0.29) is 11.7 Å². The average Bonchev–Trinajstić information content (AvgIpc) is 2.28. The van der Waals surface area contributed by atoms with E-state index >= 15 is 0 Å². The number of nitrogens with zero attached hydrogens (tertiary/aromatic N) is 1. The Labute approximate surface area is 82.3 Å². The zero-order chi connectivity index (χ0) is 10.5. The third-order valence-corrected chi connectivity index (χ3v) is 2.83. The van der Waals surface area contributed by atoms with Crippen molar-refractivity contribution in [3.63, 3.8) is 0 Å². The maximum Gasteiger partial charge on any atom is 0.236 e. The molecule has 14 heavy (non-hydrogen) atoms. The minimum atomic E-state index is -0.530. The second-order valence-corrected chi connectivity index (χ2v) is 4.15. The molecule has 1 aliphatic heterocycles. The molecule has 1 aromatic carbocycles. The Bertz CT molecular complexity index is 412. The second-order valence-electron chi connectivity index (χ2n) is 4.15. The first kappa shape index (κ1) is 9.19. The van der Waals surface area contributed by atoms with Crippen molar-refractivity contribution in [2.24, 2.45) is 0 Å². The summed E-state index contributed by atoms with van der Waals surface area (Å²) in [7, 11) is 1.68. The minimum absolute atomic E-state index is 0.0121. The molecule has 0 fully saturated rings. The van der Waals surface area contributed by atoms with Crippen LogP contribution in [0, 0.1) is 5.82 Å². The van der Waals surface area contributed by atoms with Crippen molar-refractivity contribution in [2.75, 3.05) is 11.9 Å². The van der Waals surface area contributed by atoms with Gasteiger partial charge in [-0.3, -0.25) is 4.79 Å². The van der Waals surface area contributed by atoms with E-state index in [0.29, 0.717) is 5.69 Å². The minimum Gasteiger partial charge on any atom is -0.314 e. The molecule has 1 amide bonds. The molecule has 0 bridgehead atoms. The van der Waals surface area contributed by atoms with E-state index in [2.05, 4.69) is 0 Å². The fourth-order valence-corrected chi connectivity index (χ4v) is 1.95. The Morgan fingerprint density at radius 1 is 1.36 bits per heavy atom. The molecule has 0 saturated carbocycles. The Balaban J connectivity index is 2.68. The van der Waals surface area contributed by atoms with Gasteiger partial charge >= 0.3 is 0 Å². The van der Waals surface area contributed by atoms with E-state index < -0.39 is 5.41 Å². The molecule has 1 aromatic rings. The highest BCUT2D eigenvalue weighted by molar-refractivity contribution is 6.07. The number of hydrogen-bond acceptors (Lipinski definition) is 1. The molecule has 0 aliphatic carbocycles. The highest BCUT2D eigenvalue weighted by Gasteiger charge is 2.42. The molecule has 0 N–H and O–H groups in total. The first-order valence-electron chi connectivity index (χ1n) is 4.53. The van der Waals surface area contributed by atoms with Crippen LogP contribution in [-0.2, 0) is 10.2 Å². The van der Waals surface area contributed by atoms with Crippen LogP contribution in [0.4, 0.5) is 10.1 Å². The molecule has 74 valence electrons. The van der Waals surface area contributed by atoms with Gasteiger partial charge in [0.15, 0.2) is 0 Å². The van der Waals surface area contributed by atoms with Crippen LogP contribution in [0.3, 0.4) is 0 Å². The van der Waals surface area contributed by atoms with Gasteiger partial charge in [0.2, 0.25) is 5.91 Å². The van der Waals surface area contributed by atoms with Gasteiger partial charge in [0.25, 0.3) is 0 Å². The van der Waals surface area contributed by atoms with Crippen molar-refractivity contribution in [3.8, 4) is 0 Å². The van der Waals surface area contributed by atoms with Crippen molar-refractivity contribution in [2.45, 2.75) is 19.3 Å². The number of carbonyl (C=O) groups is 1. The fourth-order valence-electron chi connectivity index (χ4n) is 1.95. The molecular formula is C11H12FNO. The Morgan fingerprint density at radius 2 is 2.00 bits per heavy atom. The summed E-state index contributed by atoms with van der Waals surface area (Å²) >= 11 is 0. The lowest BCUT2D eigenvalue weighted by Gasteiger charge is -2.16. The predicted molar refractivity (Wildman–Crippen MR) is 52.8 cm³/mol. The smallest absolute Gasteiger partial charge is 0.236 e. The van der Waals surface area contributed by atoms with Crippen LogP contribution in [0.1, 0.15) is 19.4 Å². The number of hydrogen-bond donors (Lipinski definition) is 0. The number of carbonyl (C=O) groups excluding carboxylic acids is 1. The van der Waals surface area contributed by atoms with Crippen molar-refractivity contribution in [1.82, 2.24) is 0 Å². The standard InChI is InChI=1S/C11H12FNO/c1-11(2)8-5-4-7(12)6-9(8)13(3)10(11)14/h4-6H,1-3H3. The number of fused-ring (bicyclic) bond motifs is 1. The molecule has 1 aliphatic rings. The van der Waals surface area contributed by atoms with Gasteiger partial charge in [-0.1, -0.05) is 6.07 Å². The van der Waals surface area contributed by atoms with Gasteiger partial charge in [-0.2, -0.15) is 0 Å². The Kier molecular flexibility index (Phi) is 1.68. The summed E-state index contributed by atoms with van der Waals surface area (Å²) in [6.45, 7) is 3.71. The van der Waals surface area contributed by atoms with Crippen LogP contribution < -0.4 is 4.90 Å². The van der Waals surface area contributed by atoms with Crippen molar-refractivity contribution in [1.29, 1.82) is 0 Å². The summed E-state index contributed by atoms with van der Waals surface area (Å²) in [6, 6.07) is 4.49. The number of rotatable bonds is 0. The molecule has 0 unspecified atom stereocenters. The highest BCUT2D eigenvalue weighted by atomic mass is 19.1. The second kappa shape index (κ2) is 2.56. The topological polar surface area (TPSA) is 20.3 Å². The zero-order valence-corrected chi connectivity index (χ0v) is 8.47. The molecule has 2 rings (SSSR count). The number of amides is 1. The summed E-state index contributed by atoms with van der Waals surface area (Å²) in [4.78, 5) is 13.3. The molecule has 0 atom stereocenters.